The van der Waals surface area contributed by atoms with Crippen molar-refractivity contribution in [2.24, 2.45) is 11.7 Å². The highest BCUT2D eigenvalue weighted by molar-refractivity contribution is 6.31. The van der Waals surface area contributed by atoms with E-state index in [4.69, 9.17) is 17.3 Å². The molecule has 1 heterocycles. The number of benzene rings is 1. The normalized spacial score (nSPS) is 25.5. The number of nitrogens with zero attached hydrogens (tertiary/aromatic N) is 1. The van der Waals surface area contributed by atoms with Crippen molar-refractivity contribution in [1.29, 1.82) is 0 Å². The third-order valence-corrected chi connectivity index (χ3v) is 4.07. The Hall–Kier alpha value is -0.640. The minimum Gasteiger partial charge on any atom is -0.330 e. The van der Waals surface area contributed by atoms with Crippen LogP contribution in [0.5, 0.6) is 0 Å². The van der Waals surface area contributed by atoms with Crippen LogP contribution < -0.4 is 5.73 Å². The van der Waals surface area contributed by atoms with E-state index in [0.717, 1.165) is 24.1 Å². The first-order valence-electron chi connectivity index (χ1n) is 5.88. The van der Waals surface area contributed by atoms with Crippen LogP contribution in [0.15, 0.2) is 12.1 Å². The molecule has 4 heteroatoms. The summed E-state index contributed by atoms with van der Waals surface area (Å²) in [5, 5.41) is 0.504. The number of hydrogen-bond acceptors (Lipinski definition) is 2. The van der Waals surface area contributed by atoms with Gasteiger partial charge < -0.3 is 5.73 Å². The zero-order valence-electron chi connectivity index (χ0n) is 10.2. The van der Waals surface area contributed by atoms with Gasteiger partial charge in [0, 0.05) is 17.6 Å². The molecule has 2 N–H and O–H groups in total. The van der Waals surface area contributed by atoms with E-state index >= 15 is 0 Å². The summed E-state index contributed by atoms with van der Waals surface area (Å²) in [4.78, 5) is 2.23. The monoisotopic (exact) mass is 256 g/mol. The van der Waals surface area contributed by atoms with Gasteiger partial charge >= 0.3 is 0 Å². The Balaban J connectivity index is 2.34. The van der Waals surface area contributed by atoms with E-state index in [1.54, 1.807) is 6.07 Å². The number of nitrogens with two attached hydrogens (primary N) is 1. The Kier molecular flexibility index (Phi) is 3.71. The molecule has 0 saturated carbocycles. The molecule has 2 nitrogen and oxygen atoms in total. The van der Waals surface area contributed by atoms with E-state index in [9.17, 15) is 4.39 Å². The van der Waals surface area contributed by atoms with Crippen molar-refractivity contribution in [2.75, 3.05) is 20.1 Å². The quantitative estimate of drug-likeness (QED) is 0.882. The molecule has 2 unspecified atom stereocenters. The lowest BCUT2D eigenvalue weighted by Crippen LogP contribution is -2.21. The molecule has 1 saturated heterocycles. The van der Waals surface area contributed by atoms with Gasteiger partial charge in [-0.2, -0.15) is 0 Å². The standard InChI is InChI=1S/C13H18ClFN2/c1-8-11(4-10(15)5-12(8)14)13-3-9(6-16)7-17(13)2/h4-5,9,13H,3,6-7,16H2,1-2H3. The van der Waals surface area contributed by atoms with Gasteiger partial charge in [-0.1, -0.05) is 11.6 Å². The molecule has 0 spiro atoms. The van der Waals surface area contributed by atoms with Crippen LogP contribution in [-0.4, -0.2) is 25.0 Å². The molecule has 1 aliphatic rings. The summed E-state index contributed by atoms with van der Waals surface area (Å²) in [7, 11) is 2.05. The predicted molar refractivity (Wildman–Crippen MR) is 68.7 cm³/mol. The number of rotatable bonds is 2. The second-order valence-corrected chi connectivity index (χ2v) is 5.30. The van der Waals surface area contributed by atoms with Crippen LogP contribution in [0.25, 0.3) is 0 Å². The molecular weight excluding hydrogens is 239 g/mol. The second-order valence-electron chi connectivity index (χ2n) is 4.89. The van der Waals surface area contributed by atoms with E-state index in [2.05, 4.69) is 11.9 Å². The number of likely N-dealkylation sites (tertiary alicyclic amines) is 1. The average molecular weight is 257 g/mol. The highest BCUT2D eigenvalue weighted by Crippen LogP contribution is 2.37. The summed E-state index contributed by atoms with van der Waals surface area (Å²) >= 11 is 6.03. The number of halogens is 2. The lowest BCUT2D eigenvalue weighted by atomic mass is 9.96. The molecule has 17 heavy (non-hydrogen) atoms. The van der Waals surface area contributed by atoms with Crippen LogP contribution in [0.1, 0.15) is 23.6 Å². The molecule has 1 fully saturated rings. The minimum atomic E-state index is -0.264. The molecule has 1 aliphatic heterocycles. The molecular formula is C13H18ClFN2. The summed E-state index contributed by atoms with van der Waals surface area (Å²) < 4.78 is 13.4. The molecule has 1 aromatic rings. The van der Waals surface area contributed by atoms with Gasteiger partial charge in [-0.05, 0) is 56.1 Å². The Morgan fingerprint density at radius 3 is 2.82 bits per heavy atom. The summed E-state index contributed by atoms with van der Waals surface area (Å²) in [5.41, 5.74) is 7.68. The van der Waals surface area contributed by atoms with Crippen molar-refractivity contribution in [3.63, 3.8) is 0 Å². The first-order valence-corrected chi connectivity index (χ1v) is 6.26. The number of hydrogen-bond donors (Lipinski definition) is 1. The molecule has 0 amide bonds. The molecule has 0 bridgehead atoms. The van der Waals surface area contributed by atoms with Gasteiger partial charge in [0.1, 0.15) is 5.82 Å². The zero-order chi connectivity index (χ0) is 12.6. The second kappa shape index (κ2) is 4.92. The molecule has 1 aromatic carbocycles. The summed E-state index contributed by atoms with van der Waals surface area (Å²) in [6.45, 7) is 3.60. The van der Waals surface area contributed by atoms with E-state index in [1.807, 2.05) is 6.92 Å². The van der Waals surface area contributed by atoms with Crippen LogP contribution in [0.4, 0.5) is 4.39 Å². The SMILES string of the molecule is Cc1c(Cl)cc(F)cc1C1CC(CN)CN1C. The summed E-state index contributed by atoms with van der Waals surface area (Å²) in [6.07, 6.45) is 0.980. The molecule has 0 aromatic heterocycles. The van der Waals surface area contributed by atoms with E-state index < -0.39 is 0 Å². The predicted octanol–water partition coefficient (Wildman–Crippen LogP) is 2.74. The fourth-order valence-electron chi connectivity index (χ4n) is 2.65. The summed E-state index contributed by atoms with van der Waals surface area (Å²) in [6, 6.07) is 3.20. The van der Waals surface area contributed by atoms with Crippen molar-refractivity contribution in [3.05, 3.63) is 34.1 Å². The first-order chi connectivity index (χ1) is 8.02. The van der Waals surface area contributed by atoms with Gasteiger partial charge in [0.15, 0.2) is 0 Å². The van der Waals surface area contributed by atoms with Crippen molar-refractivity contribution in [3.8, 4) is 0 Å². The van der Waals surface area contributed by atoms with Crippen LogP contribution in [0, 0.1) is 18.7 Å². The van der Waals surface area contributed by atoms with Gasteiger partial charge in [0.2, 0.25) is 0 Å². The Morgan fingerprint density at radius 2 is 2.24 bits per heavy atom. The van der Waals surface area contributed by atoms with Gasteiger partial charge in [0.05, 0.1) is 0 Å². The average Bonchev–Trinajstić information content (AvgIpc) is 2.65. The highest BCUT2D eigenvalue weighted by atomic mass is 35.5. The highest BCUT2D eigenvalue weighted by Gasteiger charge is 2.31. The smallest absolute Gasteiger partial charge is 0.125 e. The topological polar surface area (TPSA) is 29.3 Å². The maximum Gasteiger partial charge on any atom is 0.125 e. The molecule has 2 atom stereocenters. The fraction of sp³-hybridized carbons (Fsp3) is 0.538. The first kappa shape index (κ1) is 12.8. The van der Waals surface area contributed by atoms with Crippen LogP contribution in [0.2, 0.25) is 5.02 Å². The van der Waals surface area contributed by atoms with Crippen LogP contribution in [-0.2, 0) is 0 Å². The van der Waals surface area contributed by atoms with Crippen LogP contribution >= 0.6 is 11.6 Å². The minimum absolute atomic E-state index is 0.233. The third-order valence-electron chi connectivity index (χ3n) is 3.68. The van der Waals surface area contributed by atoms with Crippen molar-refractivity contribution in [2.45, 2.75) is 19.4 Å². The van der Waals surface area contributed by atoms with Crippen molar-refractivity contribution in [1.82, 2.24) is 4.90 Å². The third kappa shape index (κ3) is 2.46. The lowest BCUT2D eigenvalue weighted by molar-refractivity contribution is 0.312. The maximum atomic E-state index is 13.4. The Labute approximate surface area is 107 Å². The molecule has 0 aliphatic carbocycles. The molecule has 0 radical (unpaired) electrons. The molecule has 94 valence electrons. The van der Waals surface area contributed by atoms with E-state index in [1.165, 1.54) is 6.07 Å². The van der Waals surface area contributed by atoms with Gasteiger partial charge in [-0.25, -0.2) is 4.39 Å². The fourth-order valence-corrected chi connectivity index (χ4v) is 2.87. The Bertz CT molecular complexity index is 422. The van der Waals surface area contributed by atoms with Crippen molar-refractivity contribution < 1.29 is 4.39 Å². The largest absolute Gasteiger partial charge is 0.330 e. The van der Waals surface area contributed by atoms with Crippen LogP contribution in [0.3, 0.4) is 0 Å². The summed E-state index contributed by atoms with van der Waals surface area (Å²) in [5.74, 6) is 0.228. The van der Waals surface area contributed by atoms with Gasteiger partial charge in [0.25, 0.3) is 0 Å². The van der Waals surface area contributed by atoms with Gasteiger partial charge in [-0.15, -0.1) is 0 Å². The lowest BCUT2D eigenvalue weighted by Gasteiger charge is -2.22. The van der Waals surface area contributed by atoms with E-state index in [0.29, 0.717) is 17.5 Å². The maximum absolute atomic E-state index is 13.4. The van der Waals surface area contributed by atoms with Crippen molar-refractivity contribution >= 4 is 11.6 Å². The Morgan fingerprint density at radius 1 is 1.53 bits per heavy atom. The van der Waals surface area contributed by atoms with Gasteiger partial charge in [-0.3, -0.25) is 4.90 Å². The molecule has 2 rings (SSSR count). The zero-order valence-corrected chi connectivity index (χ0v) is 11.0. The van der Waals surface area contributed by atoms with E-state index in [-0.39, 0.29) is 11.9 Å².